The number of nitrogens with zero attached hydrogens (tertiary/aromatic N) is 2. The van der Waals surface area contributed by atoms with Crippen LogP contribution in [0.2, 0.25) is 0 Å². The van der Waals surface area contributed by atoms with Crippen molar-refractivity contribution in [3.63, 3.8) is 0 Å². The highest BCUT2D eigenvalue weighted by molar-refractivity contribution is 5.95. The number of hydrogen-bond acceptors (Lipinski definition) is 7. The van der Waals surface area contributed by atoms with E-state index in [0.29, 0.717) is 73.1 Å². The number of methoxy groups -OCH3 is 2. The van der Waals surface area contributed by atoms with Crippen LogP contribution < -0.4 is 20.5 Å². The highest BCUT2D eigenvalue weighted by atomic mass is 16.5. The molecule has 1 aromatic carbocycles. The van der Waals surface area contributed by atoms with Gasteiger partial charge in [0.15, 0.2) is 11.5 Å². The molecule has 2 aliphatic carbocycles. The standard InChI is InChI=1S/C32H52N4O5/c1-22(2)35(32(38)24-8-13-29(40-4)30(17-24)41-15-5-14-39-3)20-25-18-34-19-26(25)21-36(28-11-12-28)31(37)16-23-6-9-27(33)10-7-23/h8,13,17,22-23,25-28,34H,5-7,9-12,14-16,18-21,33H2,1-4H3/t23-,25-,26-,27+/m0/s1. The molecule has 1 heterocycles. The molecule has 0 bridgehead atoms. The molecular formula is C32H52N4O5. The number of hydrogen-bond donors (Lipinski definition) is 2. The lowest BCUT2D eigenvalue weighted by atomic mass is 9.84. The second-order valence-electron chi connectivity index (χ2n) is 12.6. The van der Waals surface area contributed by atoms with Gasteiger partial charge in [-0.2, -0.15) is 0 Å². The van der Waals surface area contributed by atoms with Gasteiger partial charge in [-0.1, -0.05) is 0 Å². The van der Waals surface area contributed by atoms with Gasteiger partial charge in [-0.15, -0.1) is 0 Å². The topological polar surface area (TPSA) is 106 Å². The minimum atomic E-state index is -0.0133. The van der Waals surface area contributed by atoms with Crippen molar-refractivity contribution >= 4 is 11.8 Å². The first kappa shape index (κ1) is 31.6. The van der Waals surface area contributed by atoms with E-state index >= 15 is 0 Å². The third kappa shape index (κ3) is 8.82. The summed E-state index contributed by atoms with van der Waals surface area (Å²) >= 11 is 0. The smallest absolute Gasteiger partial charge is 0.254 e. The quantitative estimate of drug-likeness (QED) is 0.309. The van der Waals surface area contributed by atoms with Crippen LogP contribution >= 0.6 is 0 Å². The Morgan fingerprint density at radius 3 is 2.32 bits per heavy atom. The molecule has 9 nitrogen and oxygen atoms in total. The molecule has 3 aliphatic rings. The first-order valence-electron chi connectivity index (χ1n) is 15.7. The largest absolute Gasteiger partial charge is 0.493 e. The van der Waals surface area contributed by atoms with Crippen molar-refractivity contribution in [1.29, 1.82) is 0 Å². The van der Waals surface area contributed by atoms with Crippen LogP contribution in [0.1, 0.15) is 75.6 Å². The maximum Gasteiger partial charge on any atom is 0.254 e. The van der Waals surface area contributed by atoms with Crippen molar-refractivity contribution in [2.75, 3.05) is 53.6 Å². The van der Waals surface area contributed by atoms with E-state index in [2.05, 4.69) is 24.1 Å². The first-order chi connectivity index (χ1) is 19.8. The van der Waals surface area contributed by atoms with Crippen LogP contribution in [0, 0.1) is 17.8 Å². The zero-order valence-corrected chi connectivity index (χ0v) is 25.6. The van der Waals surface area contributed by atoms with Crippen LogP contribution in [-0.2, 0) is 9.53 Å². The maximum absolute atomic E-state index is 13.8. The van der Waals surface area contributed by atoms with Gasteiger partial charge < -0.3 is 35.1 Å². The Balaban J connectivity index is 1.40. The zero-order chi connectivity index (χ0) is 29.4. The van der Waals surface area contributed by atoms with Gasteiger partial charge in [0.25, 0.3) is 5.91 Å². The summed E-state index contributed by atoms with van der Waals surface area (Å²) in [5, 5.41) is 3.56. The van der Waals surface area contributed by atoms with Crippen LogP contribution in [0.3, 0.4) is 0 Å². The molecule has 3 fully saturated rings. The van der Waals surface area contributed by atoms with E-state index in [1.54, 1.807) is 26.4 Å². The third-order valence-corrected chi connectivity index (χ3v) is 9.05. The molecular weight excluding hydrogens is 520 g/mol. The van der Waals surface area contributed by atoms with Crippen molar-refractivity contribution in [3.8, 4) is 11.5 Å². The number of amides is 2. The number of nitrogens with one attached hydrogen (secondary N) is 1. The van der Waals surface area contributed by atoms with E-state index in [0.717, 1.165) is 64.6 Å². The molecule has 0 spiro atoms. The normalized spacial score (nSPS) is 24.3. The Bertz CT molecular complexity index is 992. The highest BCUT2D eigenvalue weighted by Crippen LogP contribution is 2.34. The fourth-order valence-electron chi connectivity index (χ4n) is 6.32. The Morgan fingerprint density at radius 1 is 0.976 bits per heavy atom. The number of nitrogens with two attached hydrogens (primary N) is 1. The van der Waals surface area contributed by atoms with Gasteiger partial charge in [0, 0.05) is 76.4 Å². The molecule has 2 amide bonds. The van der Waals surface area contributed by atoms with Gasteiger partial charge in [-0.3, -0.25) is 9.59 Å². The number of carbonyl (C=O) groups excluding carboxylic acids is 2. The van der Waals surface area contributed by atoms with Crippen LogP contribution in [-0.4, -0.2) is 93.4 Å². The SMILES string of the molecule is COCCCOc1cc(C(=O)N(C[C@@H]2CNC[C@H]2CN(C(=O)C[C@H]2CC[C@@H](N)CC2)C2CC2)C(C)C)ccc1OC. The lowest BCUT2D eigenvalue weighted by Crippen LogP contribution is -2.45. The fourth-order valence-corrected chi connectivity index (χ4v) is 6.32. The van der Waals surface area contributed by atoms with Crippen LogP contribution in [0.15, 0.2) is 18.2 Å². The summed E-state index contributed by atoms with van der Waals surface area (Å²) in [6.45, 7) is 8.38. The van der Waals surface area contributed by atoms with Gasteiger partial charge in [-0.05, 0) is 88.3 Å². The van der Waals surface area contributed by atoms with E-state index in [9.17, 15) is 9.59 Å². The molecule has 0 radical (unpaired) electrons. The summed E-state index contributed by atoms with van der Waals surface area (Å²) in [5.74, 6) is 2.55. The molecule has 230 valence electrons. The van der Waals surface area contributed by atoms with Gasteiger partial charge in [-0.25, -0.2) is 0 Å². The molecule has 1 aliphatic heterocycles. The van der Waals surface area contributed by atoms with Gasteiger partial charge >= 0.3 is 0 Å². The molecule has 2 atom stereocenters. The summed E-state index contributed by atoms with van der Waals surface area (Å²) < 4.78 is 16.5. The summed E-state index contributed by atoms with van der Waals surface area (Å²) in [4.78, 5) is 31.4. The van der Waals surface area contributed by atoms with Crippen molar-refractivity contribution in [1.82, 2.24) is 15.1 Å². The molecule has 41 heavy (non-hydrogen) atoms. The molecule has 0 unspecified atom stereocenters. The van der Waals surface area contributed by atoms with Gasteiger partial charge in [0.1, 0.15) is 0 Å². The van der Waals surface area contributed by atoms with Crippen molar-refractivity contribution < 1.29 is 23.8 Å². The number of carbonyl (C=O) groups is 2. The number of ether oxygens (including phenoxy) is 3. The Kier molecular flexibility index (Phi) is 11.7. The Hall–Kier alpha value is -2.36. The summed E-state index contributed by atoms with van der Waals surface area (Å²) in [6.07, 6.45) is 7.81. The Morgan fingerprint density at radius 2 is 1.68 bits per heavy atom. The Labute approximate surface area is 246 Å². The molecule has 2 saturated carbocycles. The maximum atomic E-state index is 13.8. The molecule has 1 saturated heterocycles. The zero-order valence-electron chi connectivity index (χ0n) is 25.6. The average molecular weight is 573 g/mol. The number of rotatable bonds is 15. The predicted octanol–water partition coefficient (Wildman–Crippen LogP) is 3.70. The minimum Gasteiger partial charge on any atom is -0.493 e. The van der Waals surface area contributed by atoms with Crippen LogP contribution in [0.25, 0.3) is 0 Å². The second-order valence-corrected chi connectivity index (χ2v) is 12.6. The van der Waals surface area contributed by atoms with Crippen LogP contribution in [0.4, 0.5) is 0 Å². The minimum absolute atomic E-state index is 0.0133. The van der Waals surface area contributed by atoms with Crippen molar-refractivity contribution in [2.45, 2.75) is 83.3 Å². The van der Waals surface area contributed by atoms with Gasteiger partial charge in [0.2, 0.25) is 5.91 Å². The predicted molar refractivity (Wildman–Crippen MR) is 160 cm³/mol. The molecule has 9 heteroatoms. The van der Waals surface area contributed by atoms with E-state index in [-0.39, 0.29) is 17.9 Å². The van der Waals surface area contributed by atoms with Crippen molar-refractivity contribution in [3.05, 3.63) is 23.8 Å². The fraction of sp³-hybridized carbons (Fsp3) is 0.750. The molecule has 0 aromatic heterocycles. The molecule has 1 aromatic rings. The molecule has 4 rings (SSSR count). The highest BCUT2D eigenvalue weighted by Gasteiger charge is 2.39. The van der Waals surface area contributed by atoms with Crippen LogP contribution in [0.5, 0.6) is 11.5 Å². The number of benzene rings is 1. The summed E-state index contributed by atoms with van der Waals surface area (Å²) in [7, 11) is 3.27. The summed E-state index contributed by atoms with van der Waals surface area (Å²) in [5.41, 5.74) is 6.68. The lowest BCUT2D eigenvalue weighted by molar-refractivity contribution is -0.133. The molecule has 3 N–H and O–H groups in total. The first-order valence-corrected chi connectivity index (χ1v) is 15.7. The van der Waals surface area contributed by atoms with E-state index < -0.39 is 0 Å². The van der Waals surface area contributed by atoms with Crippen molar-refractivity contribution in [2.24, 2.45) is 23.5 Å². The average Bonchev–Trinajstić information content (AvgIpc) is 3.71. The van der Waals surface area contributed by atoms with E-state index in [1.807, 2.05) is 11.0 Å². The monoisotopic (exact) mass is 572 g/mol. The summed E-state index contributed by atoms with van der Waals surface area (Å²) in [6, 6.07) is 6.13. The second kappa shape index (κ2) is 15.2. The van der Waals surface area contributed by atoms with E-state index in [1.165, 1.54) is 0 Å². The van der Waals surface area contributed by atoms with E-state index in [4.69, 9.17) is 19.9 Å². The lowest BCUT2D eigenvalue weighted by Gasteiger charge is -2.34. The third-order valence-electron chi connectivity index (χ3n) is 9.05. The van der Waals surface area contributed by atoms with Gasteiger partial charge in [0.05, 0.1) is 13.7 Å².